The van der Waals surface area contributed by atoms with E-state index in [9.17, 15) is 33.9 Å². The van der Waals surface area contributed by atoms with Gasteiger partial charge in [0.25, 0.3) is 5.56 Å². The number of nitrogens with one attached hydrogen (secondary N) is 1. The monoisotopic (exact) mass is 828 g/mol. The molecule has 2 bridgehead atoms. The van der Waals surface area contributed by atoms with E-state index in [4.69, 9.17) is 34.5 Å². The number of hydrogen-bond donors (Lipinski definition) is 7. The summed E-state index contributed by atoms with van der Waals surface area (Å²) in [6.45, 7) is -1.49. The number of halogens is 2. The Morgan fingerprint density at radius 1 is 0.936 bits per heavy atom. The van der Waals surface area contributed by atoms with Gasteiger partial charge in [-0.15, -0.1) is 0 Å². The largest absolute Gasteiger partial charge is 0.472 e. The molecular weight excluding hydrogens is 806 g/mol. The number of imidazole rings is 2. The van der Waals surface area contributed by atoms with Gasteiger partial charge in [0.2, 0.25) is 10.7 Å². The Balaban J connectivity index is 1.22. The summed E-state index contributed by atoms with van der Waals surface area (Å²) in [7, 11) is -9.72. The van der Waals surface area contributed by atoms with Crippen molar-refractivity contribution < 1.29 is 52.2 Å². The molecule has 0 saturated carbocycles. The van der Waals surface area contributed by atoms with Crippen LogP contribution < -0.4 is 17.0 Å². The van der Waals surface area contributed by atoms with Crippen LogP contribution in [0.5, 0.6) is 0 Å². The van der Waals surface area contributed by atoms with Gasteiger partial charge in [0.05, 0.1) is 31.8 Å². The molecule has 254 valence electrons. The molecule has 3 saturated heterocycles. The third-order valence-corrected chi connectivity index (χ3v) is 11.2. The van der Waals surface area contributed by atoms with Gasteiger partial charge in [-0.05, 0) is 31.9 Å². The summed E-state index contributed by atoms with van der Waals surface area (Å²) in [6.07, 6.45) is -9.89. The number of aromatic nitrogens is 8. The summed E-state index contributed by atoms with van der Waals surface area (Å²) < 4.78 is 57.1. The predicted octanol–water partition coefficient (Wildman–Crippen LogP) is -0.501. The maximum atomic E-state index is 13.5. The number of rotatable bonds is 2. The van der Waals surface area contributed by atoms with Gasteiger partial charge in [-0.1, -0.05) is 0 Å². The predicted molar refractivity (Wildman–Crippen MR) is 162 cm³/mol. The fraction of sp³-hybridized carbons (Fsp3) is 0.524. The zero-order valence-corrected chi connectivity index (χ0v) is 28.3. The molecule has 7 heterocycles. The van der Waals surface area contributed by atoms with Crippen molar-refractivity contribution >= 4 is 81.4 Å². The molecule has 2 unspecified atom stereocenters. The van der Waals surface area contributed by atoms with Crippen LogP contribution in [0.4, 0.5) is 11.8 Å². The number of H-pyrrole nitrogens is 1. The van der Waals surface area contributed by atoms with Gasteiger partial charge in [0.1, 0.15) is 36.2 Å². The third-order valence-electron chi connectivity index (χ3n) is 7.82. The number of nitrogen functional groups attached to an aromatic ring is 2. The fourth-order valence-electron chi connectivity index (χ4n) is 5.76. The van der Waals surface area contributed by atoms with Gasteiger partial charge in [0, 0.05) is 5.92 Å². The number of nitrogens with two attached hydrogens (primary N) is 2. The van der Waals surface area contributed by atoms with Crippen LogP contribution in [0.3, 0.4) is 0 Å². The lowest BCUT2D eigenvalue weighted by Gasteiger charge is -2.26. The highest BCUT2D eigenvalue weighted by atomic mass is 79.9. The smallest absolute Gasteiger partial charge is 0.390 e. The summed E-state index contributed by atoms with van der Waals surface area (Å²) >= 11 is 6.36. The average Bonchev–Trinajstić information content (AvgIpc) is 3.70. The molecule has 0 spiro atoms. The van der Waals surface area contributed by atoms with E-state index in [-0.39, 0.29) is 43.6 Å². The zero-order valence-electron chi connectivity index (χ0n) is 23.3. The molecule has 0 aromatic carbocycles. The molecule has 4 aromatic heterocycles. The molecule has 10 atom stereocenters. The summed E-state index contributed by atoms with van der Waals surface area (Å²) in [5.41, 5.74) is 11.0. The maximum absolute atomic E-state index is 13.5. The number of aliphatic hydroxyl groups excluding tert-OH is 2. The van der Waals surface area contributed by atoms with Crippen molar-refractivity contribution in [3.05, 3.63) is 26.1 Å². The van der Waals surface area contributed by atoms with E-state index in [1.54, 1.807) is 0 Å². The molecule has 22 nitrogen and oxygen atoms in total. The molecule has 4 aromatic rings. The average molecular weight is 830 g/mol. The van der Waals surface area contributed by atoms with Crippen LogP contribution in [0.15, 0.2) is 20.6 Å². The van der Waals surface area contributed by atoms with Gasteiger partial charge < -0.3 is 45.5 Å². The third kappa shape index (κ3) is 5.94. The Morgan fingerprint density at radius 2 is 1.66 bits per heavy atom. The lowest BCUT2D eigenvalue weighted by atomic mass is 10.0. The van der Waals surface area contributed by atoms with Crippen LogP contribution in [0.1, 0.15) is 12.5 Å². The van der Waals surface area contributed by atoms with Crippen LogP contribution in [-0.4, -0.2) is 109 Å². The second kappa shape index (κ2) is 11.9. The van der Waals surface area contributed by atoms with E-state index >= 15 is 0 Å². The van der Waals surface area contributed by atoms with Crippen molar-refractivity contribution in [1.82, 2.24) is 39.0 Å². The van der Waals surface area contributed by atoms with Gasteiger partial charge in [0.15, 0.2) is 33.6 Å². The molecule has 9 N–H and O–H groups in total. The van der Waals surface area contributed by atoms with Crippen LogP contribution in [0, 0.1) is 5.92 Å². The normalized spacial score (nSPS) is 36.6. The number of aromatic amines is 1. The minimum absolute atomic E-state index is 0.000789. The highest BCUT2D eigenvalue weighted by molar-refractivity contribution is 9.10. The van der Waals surface area contributed by atoms with Gasteiger partial charge >= 0.3 is 15.4 Å². The molecule has 3 aliphatic heterocycles. The first-order valence-electron chi connectivity index (χ1n) is 13.5. The Labute approximate surface area is 277 Å². The number of aliphatic hydroxyl groups is 2. The molecule has 0 amide bonds. The van der Waals surface area contributed by atoms with Gasteiger partial charge in [-0.3, -0.25) is 32.5 Å². The molecule has 3 fully saturated rings. The van der Waals surface area contributed by atoms with E-state index < -0.39 is 89.2 Å². The van der Waals surface area contributed by atoms with Crippen molar-refractivity contribution in [2.24, 2.45) is 5.92 Å². The van der Waals surface area contributed by atoms with E-state index in [1.165, 1.54) is 15.5 Å². The first-order valence-corrected chi connectivity index (χ1v) is 18.3. The quantitative estimate of drug-likeness (QED) is 0.0761. The lowest BCUT2D eigenvalue weighted by Crippen LogP contribution is -2.36. The van der Waals surface area contributed by atoms with Crippen LogP contribution in [0.25, 0.3) is 22.3 Å². The number of phosphoric ester groups is 1. The minimum Gasteiger partial charge on any atom is -0.390 e. The zero-order chi connectivity index (χ0) is 33.6. The highest BCUT2D eigenvalue weighted by Gasteiger charge is 2.53. The van der Waals surface area contributed by atoms with Crippen molar-refractivity contribution in [2.75, 3.05) is 30.8 Å². The Hall–Kier alpha value is -2.44. The van der Waals surface area contributed by atoms with E-state index in [0.29, 0.717) is 0 Å². The first kappa shape index (κ1) is 33.1. The Bertz CT molecular complexity index is 2050. The minimum atomic E-state index is -5.06. The number of ether oxygens (including phenoxy) is 2. The number of fused-ring (bicyclic) bond motifs is 5. The van der Waals surface area contributed by atoms with Crippen molar-refractivity contribution in [3.63, 3.8) is 0 Å². The van der Waals surface area contributed by atoms with Crippen LogP contribution in [-0.2, 0) is 32.2 Å². The standard InChI is InChI=1S/C21H24Br2N10O12P2/c22-19-28-13(24)8-14(29-19)32(4-26-8)18-11(35)12-7(44-18)2-41-46(37,38)3-5-10(34)6(1-42-47(39,40)45-12)43-17(5)33-15-9(27-20(33)23)16(36)31-21(25)30-15/h4-7,10-12,17-18,34-35H,1-3H2,(H,37,38)(H,39,40)(H2,24,28,29)(H3,25,30,31,36)/t5-,6-,7-,10+,11-,12-,17-,18-/m1/s1. The molecule has 0 aliphatic carbocycles. The Morgan fingerprint density at radius 3 is 2.43 bits per heavy atom. The second-order valence-corrected chi connectivity index (χ2v) is 15.5. The number of anilines is 2. The summed E-state index contributed by atoms with van der Waals surface area (Å²) in [4.78, 5) is 57.0. The first-order chi connectivity index (χ1) is 22.1. The number of phosphoric acid groups is 1. The second-order valence-electron chi connectivity index (χ2n) is 10.8. The van der Waals surface area contributed by atoms with Gasteiger partial charge in [-0.2, -0.15) is 4.98 Å². The van der Waals surface area contributed by atoms with E-state index in [0.717, 1.165) is 0 Å². The topological polar surface area (TPSA) is 320 Å². The van der Waals surface area contributed by atoms with Crippen molar-refractivity contribution in [3.8, 4) is 0 Å². The fourth-order valence-corrected chi connectivity index (χ4v) is 9.05. The summed E-state index contributed by atoms with van der Waals surface area (Å²) in [6, 6.07) is 0. The number of hydrogen-bond acceptors (Lipinski definition) is 17. The molecule has 0 radical (unpaired) electrons. The summed E-state index contributed by atoms with van der Waals surface area (Å²) in [5.74, 6) is -1.50. The van der Waals surface area contributed by atoms with Crippen LogP contribution in [0.2, 0.25) is 0 Å². The van der Waals surface area contributed by atoms with Crippen molar-refractivity contribution in [2.45, 2.75) is 43.0 Å². The number of nitrogens with zero attached hydrogens (tertiary/aromatic N) is 7. The molecule has 7 rings (SSSR count). The maximum Gasteiger partial charge on any atom is 0.472 e. The summed E-state index contributed by atoms with van der Waals surface area (Å²) in [5, 5.41) is 22.5. The highest BCUT2D eigenvalue weighted by Crippen LogP contribution is 2.54. The van der Waals surface area contributed by atoms with Crippen molar-refractivity contribution in [1.29, 1.82) is 0 Å². The molecule has 3 aliphatic rings. The van der Waals surface area contributed by atoms with E-state index in [1.807, 2.05) is 0 Å². The Kier molecular flexibility index (Phi) is 8.35. The molecule has 26 heteroatoms. The van der Waals surface area contributed by atoms with Gasteiger partial charge in [-0.25, -0.2) is 24.5 Å². The molecule has 47 heavy (non-hydrogen) atoms. The SMILES string of the molecule is Nc1nc2c(nc(Br)n2[C@@H]2O[C@@H]3COP(=O)(O)O[C@H]4[C@@H](O)[C@H](n5cnc6c(N)nc(Br)nc65)O[C@@H]4COP(=O)(O)C[C@@H]2[C@@H]3O)c(=O)[nH]1. The lowest BCUT2D eigenvalue weighted by molar-refractivity contribution is -0.0562. The van der Waals surface area contributed by atoms with E-state index in [2.05, 4.69) is 61.8 Å². The van der Waals surface area contributed by atoms with Crippen LogP contribution >= 0.6 is 47.3 Å². The molecular formula is C21H24Br2N10O12P2.